The van der Waals surface area contributed by atoms with Gasteiger partial charge in [0.1, 0.15) is 5.82 Å². The van der Waals surface area contributed by atoms with Crippen LogP contribution in [0.4, 0.5) is 0 Å². The van der Waals surface area contributed by atoms with Gasteiger partial charge in [-0.05, 0) is 17.5 Å². The highest BCUT2D eigenvalue weighted by atomic mass is 79.9. The molecule has 1 aromatic heterocycles. The van der Waals surface area contributed by atoms with E-state index in [1.165, 1.54) is 0 Å². The fourth-order valence-corrected chi connectivity index (χ4v) is 2.16. The van der Waals surface area contributed by atoms with Crippen molar-refractivity contribution in [2.75, 3.05) is 0 Å². The molecule has 2 rings (SSSR count). The van der Waals surface area contributed by atoms with E-state index >= 15 is 0 Å². The van der Waals surface area contributed by atoms with Crippen molar-refractivity contribution in [1.82, 2.24) is 9.97 Å². The minimum atomic E-state index is -0.0873. The molecule has 1 heterocycles. The predicted octanol–water partition coefficient (Wildman–Crippen LogP) is 3.25. The van der Waals surface area contributed by atoms with E-state index in [1.807, 2.05) is 38.1 Å². The predicted molar refractivity (Wildman–Crippen MR) is 75.9 cm³/mol. The zero-order valence-electron chi connectivity index (χ0n) is 10.4. The summed E-state index contributed by atoms with van der Waals surface area (Å²) in [6.07, 6.45) is 0.622. The zero-order valence-corrected chi connectivity index (χ0v) is 12.0. The van der Waals surface area contributed by atoms with E-state index in [2.05, 4.69) is 25.9 Å². The van der Waals surface area contributed by atoms with E-state index in [4.69, 9.17) is 0 Å². The number of aromatic amines is 1. The largest absolute Gasteiger partial charge is 0.310 e. The number of H-pyrrole nitrogens is 1. The molecule has 0 fully saturated rings. The highest BCUT2D eigenvalue weighted by molar-refractivity contribution is 9.10. The molecule has 1 N–H and O–H groups in total. The molecule has 0 bridgehead atoms. The summed E-state index contributed by atoms with van der Waals surface area (Å²) >= 11 is 3.50. The number of hydrogen-bond acceptors (Lipinski definition) is 2. The van der Waals surface area contributed by atoms with Gasteiger partial charge >= 0.3 is 0 Å². The Balaban J connectivity index is 2.35. The van der Waals surface area contributed by atoms with Gasteiger partial charge in [-0.3, -0.25) is 4.79 Å². The smallest absolute Gasteiger partial charge is 0.251 e. The Labute approximate surface area is 114 Å². The third-order valence-corrected chi connectivity index (χ3v) is 3.49. The normalized spacial score (nSPS) is 10.9. The average Bonchev–Trinajstić information content (AvgIpc) is 2.31. The van der Waals surface area contributed by atoms with Crippen LogP contribution >= 0.6 is 15.9 Å². The molecule has 0 aliphatic heterocycles. The summed E-state index contributed by atoms with van der Waals surface area (Å²) in [5.41, 5.74) is 1.86. The van der Waals surface area contributed by atoms with Crippen LogP contribution in [0.15, 0.2) is 39.6 Å². The number of halogens is 1. The summed E-state index contributed by atoms with van der Waals surface area (Å²) in [6, 6.07) is 9.51. The first kappa shape index (κ1) is 13.0. The fraction of sp³-hybridized carbons (Fsp3) is 0.286. The lowest BCUT2D eigenvalue weighted by atomic mass is 10.1. The molecule has 0 aliphatic carbocycles. The third kappa shape index (κ3) is 3.07. The molecule has 3 nitrogen and oxygen atoms in total. The molecular weight excluding hydrogens is 292 g/mol. The second-order valence-electron chi connectivity index (χ2n) is 4.54. The maximum atomic E-state index is 11.6. The Morgan fingerprint density at radius 1 is 1.33 bits per heavy atom. The number of aromatic nitrogens is 2. The summed E-state index contributed by atoms with van der Waals surface area (Å²) in [6.45, 7) is 4.06. The Hall–Kier alpha value is -1.42. The second kappa shape index (κ2) is 5.48. The summed E-state index contributed by atoms with van der Waals surface area (Å²) in [5, 5.41) is 0. The van der Waals surface area contributed by atoms with Crippen molar-refractivity contribution in [3.05, 3.63) is 62.2 Å². The lowest BCUT2D eigenvalue weighted by Gasteiger charge is -2.07. The van der Waals surface area contributed by atoms with Gasteiger partial charge in [-0.2, -0.15) is 0 Å². The minimum absolute atomic E-state index is 0.0873. The van der Waals surface area contributed by atoms with E-state index in [1.54, 1.807) is 6.07 Å². The van der Waals surface area contributed by atoms with Crippen LogP contribution in [0.5, 0.6) is 0 Å². The Bertz CT molecular complexity index is 605. The van der Waals surface area contributed by atoms with Gasteiger partial charge < -0.3 is 4.98 Å². The van der Waals surface area contributed by atoms with E-state index in [0.717, 1.165) is 15.7 Å². The quantitative estimate of drug-likeness (QED) is 0.946. The van der Waals surface area contributed by atoms with Crippen molar-refractivity contribution in [3.63, 3.8) is 0 Å². The van der Waals surface area contributed by atoms with Crippen molar-refractivity contribution in [3.8, 4) is 0 Å². The number of nitrogens with zero attached hydrogens (tertiary/aromatic N) is 1. The second-order valence-corrected chi connectivity index (χ2v) is 5.39. The molecule has 0 unspecified atom stereocenters. The van der Waals surface area contributed by atoms with Crippen LogP contribution in [-0.4, -0.2) is 9.97 Å². The van der Waals surface area contributed by atoms with Gasteiger partial charge in [0.15, 0.2) is 0 Å². The Kier molecular flexibility index (Phi) is 3.97. The van der Waals surface area contributed by atoms with Gasteiger partial charge in [0, 0.05) is 17.0 Å². The van der Waals surface area contributed by atoms with Crippen LogP contribution in [0.1, 0.15) is 36.8 Å². The van der Waals surface area contributed by atoms with E-state index in [-0.39, 0.29) is 11.5 Å². The monoisotopic (exact) mass is 306 g/mol. The molecule has 18 heavy (non-hydrogen) atoms. The van der Waals surface area contributed by atoms with Crippen molar-refractivity contribution in [1.29, 1.82) is 0 Å². The molecule has 0 saturated carbocycles. The summed E-state index contributed by atoms with van der Waals surface area (Å²) in [5.74, 6) is 0.961. The molecule has 0 atom stereocenters. The van der Waals surface area contributed by atoms with E-state index in [9.17, 15) is 4.79 Å². The van der Waals surface area contributed by atoms with Crippen LogP contribution in [0.3, 0.4) is 0 Å². The van der Waals surface area contributed by atoms with Crippen LogP contribution in [0, 0.1) is 0 Å². The zero-order chi connectivity index (χ0) is 13.1. The van der Waals surface area contributed by atoms with E-state index < -0.39 is 0 Å². The lowest BCUT2D eigenvalue weighted by molar-refractivity contribution is 0.784. The molecule has 94 valence electrons. The van der Waals surface area contributed by atoms with Crippen LogP contribution in [0.2, 0.25) is 0 Å². The van der Waals surface area contributed by atoms with Gasteiger partial charge in [-0.25, -0.2) is 4.98 Å². The highest BCUT2D eigenvalue weighted by Gasteiger charge is 2.07. The molecule has 2 aromatic rings. The minimum Gasteiger partial charge on any atom is -0.310 e. The molecule has 0 radical (unpaired) electrons. The number of hydrogen-bond donors (Lipinski definition) is 1. The van der Waals surface area contributed by atoms with Crippen molar-refractivity contribution in [2.45, 2.75) is 26.2 Å². The lowest BCUT2D eigenvalue weighted by Crippen LogP contribution is -2.14. The maximum absolute atomic E-state index is 11.6. The van der Waals surface area contributed by atoms with E-state index in [0.29, 0.717) is 12.2 Å². The van der Waals surface area contributed by atoms with Crippen LogP contribution in [-0.2, 0) is 6.42 Å². The van der Waals surface area contributed by atoms with Gasteiger partial charge in [0.2, 0.25) is 0 Å². The average molecular weight is 307 g/mol. The molecule has 4 heteroatoms. The van der Waals surface area contributed by atoms with Gasteiger partial charge in [-0.1, -0.05) is 48.0 Å². The van der Waals surface area contributed by atoms with Gasteiger partial charge in [-0.15, -0.1) is 0 Å². The summed E-state index contributed by atoms with van der Waals surface area (Å²) in [4.78, 5) is 18.9. The SMILES string of the molecule is CC(C)c1cc(=O)[nH]c(Cc2ccccc2Br)n1. The third-order valence-electron chi connectivity index (χ3n) is 2.72. The molecule has 0 amide bonds. The first-order chi connectivity index (χ1) is 8.56. The van der Waals surface area contributed by atoms with Crippen molar-refractivity contribution < 1.29 is 0 Å². The topological polar surface area (TPSA) is 45.8 Å². The molecule has 0 saturated heterocycles. The highest BCUT2D eigenvalue weighted by Crippen LogP contribution is 2.18. The Morgan fingerprint density at radius 3 is 2.72 bits per heavy atom. The molecule has 0 spiro atoms. The van der Waals surface area contributed by atoms with Gasteiger partial charge in [0.05, 0.1) is 5.69 Å². The summed E-state index contributed by atoms with van der Waals surface area (Å²) in [7, 11) is 0. The van der Waals surface area contributed by atoms with Crippen LogP contribution < -0.4 is 5.56 Å². The first-order valence-electron chi connectivity index (χ1n) is 5.90. The standard InChI is InChI=1S/C14H15BrN2O/c1-9(2)12-8-14(18)17-13(16-12)7-10-5-3-4-6-11(10)15/h3-6,8-9H,7H2,1-2H3,(H,16,17,18). The first-order valence-corrected chi connectivity index (χ1v) is 6.69. The Morgan fingerprint density at radius 2 is 2.06 bits per heavy atom. The fourth-order valence-electron chi connectivity index (χ4n) is 1.73. The van der Waals surface area contributed by atoms with Gasteiger partial charge in [0.25, 0.3) is 5.56 Å². The molecule has 1 aromatic carbocycles. The van der Waals surface area contributed by atoms with Crippen molar-refractivity contribution in [2.24, 2.45) is 0 Å². The number of rotatable bonds is 3. The maximum Gasteiger partial charge on any atom is 0.251 e. The number of nitrogens with one attached hydrogen (secondary N) is 1. The summed E-state index contributed by atoms with van der Waals surface area (Å²) < 4.78 is 1.03. The molecular formula is C14H15BrN2O. The molecule has 0 aliphatic rings. The van der Waals surface area contributed by atoms with Crippen molar-refractivity contribution >= 4 is 15.9 Å². The number of benzene rings is 1. The van der Waals surface area contributed by atoms with Crippen LogP contribution in [0.25, 0.3) is 0 Å².